The normalized spacial score (nSPS) is 14.8. The van der Waals surface area contributed by atoms with Crippen LogP contribution in [0.4, 0.5) is 0 Å². The molecule has 4 heteroatoms. The van der Waals surface area contributed by atoms with Crippen molar-refractivity contribution in [3.05, 3.63) is 65.8 Å². The summed E-state index contributed by atoms with van der Waals surface area (Å²) in [7, 11) is 2.17. The average molecular weight is 318 g/mol. The van der Waals surface area contributed by atoms with E-state index in [1.54, 1.807) is 0 Å². The zero-order valence-electron chi connectivity index (χ0n) is 14.3. The van der Waals surface area contributed by atoms with E-state index in [1.807, 2.05) is 25.4 Å². The maximum atomic E-state index is 4.65. The lowest BCUT2D eigenvalue weighted by Crippen LogP contribution is -2.27. The Balaban J connectivity index is 1.79. The second-order valence-electron chi connectivity index (χ2n) is 6.67. The first-order valence-corrected chi connectivity index (χ1v) is 8.39. The lowest BCUT2D eigenvalue weighted by atomic mass is 10.1. The summed E-state index contributed by atoms with van der Waals surface area (Å²) in [6.45, 7) is 8.42. The Hall–Kier alpha value is -2.46. The van der Waals surface area contributed by atoms with Crippen LogP contribution in [0.25, 0.3) is 16.7 Å². The minimum absolute atomic E-state index is 0.794. The maximum absolute atomic E-state index is 4.65. The van der Waals surface area contributed by atoms with Gasteiger partial charge in [-0.15, -0.1) is 0 Å². The van der Waals surface area contributed by atoms with E-state index in [9.17, 15) is 0 Å². The van der Waals surface area contributed by atoms with Crippen LogP contribution in [-0.4, -0.2) is 33.0 Å². The van der Waals surface area contributed by atoms with E-state index in [-0.39, 0.29) is 0 Å². The molecule has 4 nitrogen and oxygen atoms in total. The highest BCUT2D eigenvalue weighted by Crippen LogP contribution is 2.32. The quantitative estimate of drug-likeness (QED) is 0.742. The predicted molar refractivity (Wildman–Crippen MR) is 97.8 cm³/mol. The van der Waals surface area contributed by atoms with Crippen molar-refractivity contribution in [1.29, 1.82) is 0 Å². The number of allylic oxidation sites excluding steroid dienone is 1. The van der Waals surface area contributed by atoms with Gasteiger partial charge in [0, 0.05) is 54.6 Å². The van der Waals surface area contributed by atoms with E-state index in [2.05, 4.69) is 51.3 Å². The van der Waals surface area contributed by atoms with Gasteiger partial charge in [-0.1, -0.05) is 12.6 Å². The van der Waals surface area contributed by atoms with E-state index in [0.717, 1.165) is 42.8 Å². The summed E-state index contributed by atoms with van der Waals surface area (Å²) >= 11 is 0. The van der Waals surface area contributed by atoms with Crippen LogP contribution >= 0.6 is 0 Å². The van der Waals surface area contributed by atoms with Crippen LogP contribution in [0.3, 0.4) is 0 Å². The fourth-order valence-corrected chi connectivity index (χ4v) is 3.57. The molecule has 0 aromatic carbocycles. The van der Waals surface area contributed by atoms with Crippen molar-refractivity contribution in [2.45, 2.75) is 26.3 Å². The van der Waals surface area contributed by atoms with Crippen molar-refractivity contribution >= 4 is 16.7 Å². The molecule has 0 atom stereocenters. The molecule has 0 fully saturated rings. The van der Waals surface area contributed by atoms with Crippen LogP contribution in [-0.2, 0) is 19.4 Å². The summed E-state index contributed by atoms with van der Waals surface area (Å²) in [5.41, 5.74) is 8.32. The molecule has 4 rings (SSSR count). The molecule has 24 heavy (non-hydrogen) atoms. The highest BCUT2D eigenvalue weighted by atomic mass is 15.1. The number of nitrogens with zero attached hydrogens (tertiary/aromatic N) is 4. The number of hydrogen-bond acceptors (Lipinski definition) is 3. The summed E-state index contributed by atoms with van der Waals surface area (Å²) in [4.78, 5) is 11.4. The van der Waals surface area contributed by atoms with E-state index in [4.69, 9.17) is 0 Å². The zero-order chi connectivity index (χ0) is 16.7. The van der Waals surface area contributed by atoms with Crippen LogP contribution in [0.15, 0.2) is 43.2 Å². The predicted octanol–water partition coefficient (Wildman–Crippen LogP) is 3.44. The lowest BCUT2D eigenvalue weighted by molar-refractivity contribution is 0.307. The fraction of sp³-hybridized carbons (Fsp3) is 0.300. The smallest absolute Gasteiger partial charge is 0.0920 e. The molecule has 0 amide bonds. The second kappa shape index (κ2) is 5.87. The van der Waals surface area contributed by atoms with Crippen LogP contribution in [0, 0.1) is 6.92 Å². The van der Waals surface area contributed by atoms with Gasteiger partial charge in [0.25, 0.3) is 0 Å². The molecular formula is C20H22N4. The van der Waals surface area contributed by atoms with Gasteiger partial charge in [-0.25, -0.2) is 0 Å². The summed E-state index contributed by atoms with van der Waals surface area (Å²) in [6, 6.07) is 8.35. The largest absolute Gasteiger partial charge is 0.314 e. The number of fused-ring (bicyclic) bond motifs is 3. The fourth-order valence-electron chi connectivity index (χ4n) is 3.57. The molecule has 3 aromatic heterocycles. The van der Waals surface area contributed by atoms with E-state index < -0.39 is 0 Å². The minimum atomic E-state index is 0.794. The summed E-state index contributed by atoms with van der Waals surface area (Å²) in [5.74, 6) is 0. The van der Waals surface area contributed by atoms with E-state index in [1.165, 1.54) is 22.3 Å². The molecule has 0 saturated heterocycles. The number of likely N-dealkylation sites (N-methyl/N-ethyl adjacent to an activating group) is 1. The Kier molecular flexibility index (Phi) is 3.69. The van der Waals surface area contributed by atoms with Crippen molar-refractivity contribution in [2.24, 2.45) is 0 Å². The standard InChI is InChI=1S/C20H22N4/c1-14-6-7-16(12-22-14)11-15(2)24-18-5-4-9-21-20(18)17-8-10-23(3)13-19(17)24/h4-7,9,12H,2,8,10-11,13H2,1,3H3. The molecule has 0 N–H and O–H groups in total. The second-order valence-corrected chi connectivity index (χ2v) is 6.67. The average Bonchev–Trinajstić information content (AvgIpc) is 2.90. The number of rotatable bonds is 3. The molecule has 4 heterocycles. The Bertz CT molecular complexity index is 905. The first-order valence-electron chi connectivity index (χ1n) is 8.39. The first-order chi connectivity index (χ1) is 11.6. The van der Waals surface area contributed by atoms with Crippen molar-refractivity contribution in [1.82, 2.24) is 19.4 Å². The first kappa shape index (κ1) is 15.1. The Morgan fingerprint density at radius 1 is 1.25 bits per heavy atom. The molecule has 1 aliphatic rings. The highest BCUT2D eigenvalue weighted by Gasteiger charge is 2.24. The van der Waals surface area contributed by atoms with Gasteiger partial charge >= 0.3 is 0 Å². The number of aromatic nitrogens is 3. The summed E-state index contributed by atoms with van der Waals surface area (Å²) < 4.78 is 2.31. The third-order valence-corrected chi connectivity index (χ3v) is 4.79. The van der Waals surface area contributed by atoms with Crippen LogP contribution < -0.4 is 0 Å². The topological polar surface area (TPSA) is 34.0 Å². The minimum Gasteiger partial charge on any atom is -0.314 e. The van der Waals surface area contributed by atoms with E-state index >= 15 is 0 Å². The van der Waals surface area contributed by atoms with Gasteiger partial charge in [0.2, 0.25) is 0 Å². The van der Waals surface area contributed by atoms with Crippen molar-refractivity contribution in [3.63, 3.8) is 0 Å². The molecule has 3 aromatic rings. The molecule has 122 valence electrons. The van der Waals surface area contributed by atoms with Gasteiger partial charge in [0.15, 0.2) is 0 Å². The van der Waals surface area contributed by atoms with Crippen molar-refractivity contribution in [2.75, 3.05) is 13.6 Å². The number of pyridine rings is 2. The monoisotopic (exact) mass is 318 g/mol. The Morgan fingerprint density at radius 3 is 2.92 bits per heavy atom. The SMILES string of the molecule is C=C(Cc1ccc(C)nc1)n1c2c(c3ncccc31)CCN(C)C2. The molecular weight excluding hydrogens is 296 g/mol. The van der Waals surface area contributed by atoms with E-state index in [0.29, 0.717) is 0 Å². The molecule has 0 spiro atoms. The van der Waals surface area contributed by atoms with Crippen molar-refractivity contribution < 1.29 is 0 Å². The summed E-state index contributed by atoms with van der Waals surface area (Å²) in [6.07, 6.45) is 5.68. The van der Waals surface area contributed by atoms with Gasteiger partial charge in [-0.3, -0.25) is 9.97 Å². The molecule has 0 bridgehead atoms. The van der Waals surface area contributed by atoms with Gasteiger partial charge in [0.05, 0.1) is 11.0 Å². The summed E-state index contributed by atoms with van der Waals surface area (Å²) in [5, 5.41) is 0. The Morgan fingerprint density at radius 2 is 2.12 bits per heavy atom. The maximum Gasteiger partial charge on any atom is 0.0920 e. The van der Waals surface area contributed by atoms with Gasteiger partial charge in [-0.05, 0) is 44.2 Å². The highest BCUT2D eigenvalue weighted by molar-refractivity contribution is 5.85. The third kappa shape index (κ3) is 2.53. The van der Waals surface area contributed by atoms with Crippen LogP contribution in [0.1, 0.15) is 22.5 Å². The molecule has 0 aliphatic carbocycles. The molecule has 0 unspecified atom stereocenters. The zero-order valence-corrected chi connectivity index (χ0v) is 14.3. The third-order valence-electron chi connectivity index (χ3n) is 4.79. The number of hydrogen-bond donors (Lipinski definition) is 0. The molecule has 0 radical (unpaired) electrons. The number of aryl methyl sites for hydroxylation is 1. The van der Waals surface area contributed by atoms with Crippen LogP contribution in [0.5, 0.6) is 0 Å². The van der Waals surface area contributed by atoms with Gasteiger partial charge < -0.3 is 9.47 Å². The van der Waals surface area contributed by atoms with Gasteiger partial charge in [0.1, 0.15) is 0 Å². The van der Waals surface area contributed by atoms with Crippen molar-refractivity contribution in [3.8, 4) is 0 Å². The lowest BCUT2D eigenvalue weighted by Gasteiger charge is -2.25. The van der Waals surface area contributed by atoms with Gasteiger partial charge in [-0.2, -0.15) is 0 Å². The molecule has 0 saturated carbocycles. The molecule has 1 aliphatic heterocycles. The van der Waals surface area contributed by atoms with Crippen LogP contribution in [0.2, 0.25) is 0 Å². The Labute approximate surface area is 142 Å².